The van der Waals surface area contributed by atoms with Crippen LogP contribution in [0.25, 0.3) is 16.7 Å². The van der Waals surface area contributed by atoms with Crippen molar-refractivity contribution in [1.29, 1.82) is 0 Å². The van der Waals surface area contributed by atoms with Crippen molar-refractivity contribution in [2.24, 2.45) is 0 Å². The number of ether oxygens (including phenoxy) is 2. The van der Waals surface area contributed by atoms with Crippen molar-refractivity contribution in [3.63, 3.8) is 0 Å². The van der Waals surface area contributed by atoms with Crippen LogP contribution in [0.2, 0.25) is 0 Å². The predicted octanol–water partition coefficient (Wildman–Crippen LogP) is 3.13. The number of hydrogen-bond donors (Lipinski definition) is 1. The van der Waals surface area contributed by atoms with Crippen molar-refractivity contribution in [1.82, 2.24) is 14.1 Å². The molecule has 0 radical (unpaired) electrons. The standard InChI is InChI=1S/C26H26N4O5/c1-15-10-11-20(34-4)18(12-15)28-22(31)14-29-25(32)23-16(2)13-17(3)27-24(23)30(26(29)33)19-8-6-7-9-21(19)35-5/h6-13H,14H2,1-5H3,(H,28,31). The van der Waals surface area contributed by atoms with Gasteiger partial charge >= 0.3 is 5.69 Å². The van der Waals surface area contributed by atoms with Crippen LogP contribution in [0, 0.1) is 20.8 Å². The number of rotatable bonds is 6. The number of carbonyl (C=O) groups excluding carboxylic acids is 1. The molecule has 2 aromatic heterocycles. The van der Waals surface area contributed by atoms with Crippen molar-refractivity contribution in [3.05, 3.63) is 86.2 Å². The first-order chi connectivity index (χ1) is 16.7. The summed E-state index contributed by atoms with van der Waals surface area (Å²) in [7, 11) is 2.99. The predicted molar refractivity (Wildman–Crippen MR) is 134 cm³/mol. The van der Waals surface area contributed by atoms with E-state index in [1.54, 1.807) is 56.3 Å². The fraction of sp³-hybridized carbons (Fsp3) is 0.231. The monoisotopic (exact) mass is 474 g/mol. The fourth-order valence-electron chi connectivity index (χ4n) is 4.10. The Bertz CT molecular complexity index is 1570. The molecule has 4 aromatic rings. The number of methoxy groups -OCH3 is 2. The first-order valence-electron chi connectivity index (χ1n) is 11.0. The van der Waals surface area contributed by atoms with E-state index in [-0.39, 0.29) is 11.0 Å². The number of hydrogen-bond acceptors (Lipinski definition) is 6. The van der Waals surface area contributed by atoms with Crippen LogP contribution in [0.4, 0.5) is 5.69 Å². The minimum atomic E-state index is -0.698. The molecular formula is C26H26N4O5. The Morgan fingerprint density at radius 2 is 1.69 bits per heavy atom. The average Bonchev–Trinajstić information content (AvgIpc) is 2.82. The van der Waals surface area contributed by atoms with Gasteiger partial charge < -0.3 is 14.8 Å². The molecule has 0 saturated carbocycles. The molecule has 2 aromatic carbocycles. The van der Waals surface area contributed by atoms with Gasteiger partial charge in [0, 0.05) is 5.69 Å². The first-order valence-corrected chi connectivity index (χ1v) is 11.0. The largest absolute Gasteiger partial charge is 0.495 e. The highest BCUT2D eigenvalue weighted by Crippen LogP contribution is 2.26. The maximum absolute atomic E-state index is 13.7. The number of fused-ring (bicyclic) bond motifs is 1. The number of aryl methyl sites for hydroxylation is 3. The van der Waals surface area contributed by atoms with Crippen molar-refractivity contribution >= 4 is 22.6 Å². The number of nitrogens with zero attached hydrogens (tertiary/aromatic N) is 3. The summed E-state index contributed by atoms with van der Waals surface area (Å²) < 4.78 is 13.0. The number of anilines is 1. The van der Waals surface area contributed by atoms with Crippen LogP contribution in [0.15, 0.2) is 58.1 Å². The number of nitrogens with one attached hydrogen (secondary N) is 1. The van der Waals surface area contributed by atoms with Crippen LogP contribution < -0.4 is 26.0 Å². The lowest BCUT2D eigenvalue weighted by atomic mass is 10.1. The van der Waals surface area contributed by atoms with Gasteiger partial charge in [0.2, 0.25) is 5.91 Å². The maximum atomic E-state index is 13.7. The van der Waals surface area contributed by atoms with E-state index in [0.29, 0.717) is 34.1 Å². The maximum Gasteiger partial charge on any atom is 0.337 e. The quantitative estimate of drug-likeness (QED) is 0.460. The van der Waals surface area contributed by atoms with Gasteiger partial charge in [0.15, 0.2) is 5.65 Å². The molecule has 1 N–H and O–H groups in total. The van der Waals surface area contributed by atoms with Gasteiger partial charge in [0.05, 0.1) is 31.0 Å². The summed E-state index contributed by atoms with van der Waals surface area (Å²) in [6, 6.07) is 14.1. The number of carbonyl (C=O) groups is 1. The Morgan fingerprint density at radius 1 is 0.971 bits per heavy atom. The summed E-state index contributed by atoms with van der Waals surface area (Å²) >= 11 is 0. The molecule has 0 atom stereocenters. The van der Waals surface area contributed by atoms with E-state index in [1.807, 2.05) is 13.0 Å². The number of aromatic nitrogens is 3. The Labute approximate surface area is 201 Å². The molecule has 1 amide bonds. The average molecular weight is 475 g/mol. The molecule has 0 aliphatic heterocycles. The van der Waals surface area contributed by atoms with Crippen molar-refractivity contribution in [3.8, 4) is 17.2 Å². The summed E-state index contributed by atoms with van der Waals surface area (Å²) in [6.07, 6.45) is 0. The summed E-state index contributed by atoms with van der Waals surface area (Å²) in [6.45, 7) is 4.95. The second-order valence-electron chi connectivity index (χ2n) is 8.21. The molecule has 2 heterocycles. The van der Waals surface area contributed by atoms with E-state index in [4.69, 9.17) is 9.47 Å². The van der Waals surface area contributed by atoms with Crippen LogP contribution in [-0.4, -0.2) is 34.2 Å². The van der Waals surface area contributed by atoms with Gasteiger partial charge in [-0.15, -0.1) is 0 Å². The third-order valence-corrected chi connectivity index (χ3v) is 5.68. The minimum absolute atomic E-state index is 0.207. The van der Waals surface area contributed by atoms with Gasteiger partial charge in [-0.05, 0) is 62.2 Å². The summed E-state index contributed by atoms with van der Waals surface area (Å²) in [5.41, 5.74) is 2.00. The zero-order valence-corrected chi connectivity index (χ0v) is 20.2. The zero-order chi connectivity index (χ0) is 25.3. The van der Waals surface area contributed by atoms with Crippen molar-refractivity contribution < 1.29 is 14.3 Å². The lowest BCUT2D eigenvalue weighted by Crippen LogP contribution is -2.42. The number of pyridine rings is 1. The van der Waals surface area contributed by atoms with Crippen molar-refractivity contribution in [2.75, 3.05) is 19.5 Å². The third kappa shape index (κ3) is 4.40. The Kier molecular flexibility index (Phi) is 6.42. The molecule has 9 nitrogen and oxygen atoms in total. The second kappa shape index (κ2) is 9.46. The van der Waals surface area contributed by atoms with Crippen molar-refractivity contribution in [2.45, 2.75) is 27.3 Å². The third-order valence-electron chi connectivity index (χ3n) is 5.68. The second-order valence-corrected chi connectivity index (χ2v) is 8.21. The number of benzene rings is 2. The van der Waals surface area contributed by atoms with E-state index in [9.17, 15) is 14.4 Å². The van der Waals surface area contributed by atoms with E-state index >= 15 is 0 Å². The van der Waals surface area contributed by atoms with E-state index in [0.717, 1.165) is 10.1 Å². The van der Waals surface area contributed by atoms with E-state index < -0.39 is 23.7 Å². The lowest BCUT2D eigenvalue weighted by Gasteiger charge is -2.17. The number of para-hydroxylation sites is 2. The Morgan fingerprint density at radius 3 is 2.40 bits per heavy atom. The molecule has 0 spiro atoms. The van der Waals surface area contributed by atoms with Gasteiger partial charge in [-0.25, -0.2) is 18.9 Å². The molecule has 0 saturated heterocycles. The highest BCUT2D eigenvalue weighted by Gasteiger charge is 2.21. The smallest absolute Gasteiger partial charge is 0.337 e. The van der Waals surface area contributed by atoms with Crippen LogP contribution in [-0.2, 0) is 11.3 Å². The summed E-state index contributed by atoms with van der Waals surface area (Å²) in [4.78, 5) is 44.6. The van der Waals surface area contributed by atoms with Gasteiger partial charge in [0.25, 0.3) is 5.56 Å². The molecule has 0 unspecified atom stereocenters. The molecule has 0 aliphatic rings. The lowest BCUT2D eigenvalue weighted by molar-refractivity contribution is -0.116. The molecule has 4 rings (SSSR count). The molecule has 35 heavy (non-hydrogen) atoms. The first kappa shape index (κ1) is 23.7. The topological polar surface area (TPSA) is 104 Å². The molecule has 180 valence electrons. The van der Waals surface area contributed by atoms with Gasteiger partial charge in [0.1, 0.15) is 18.0 Å². The highest BCUT2D eigenvalue weighted by atomic mass is 16.5. The summed E-state index contributed by atoms with van der Waals surface area (Å²) in [5, 5.41) is 3.00. The van der Waals surface area contributed by atoms with E-state index in [1.165, 1.54) is 18.8 Å². The van der Waals surface area contributed by atoms with Crippen LogP contribution >= 0.6 is 0 Å². The van der Waals surface area contributed by atoms with Crippen LogP contribution in [0.1, 0.15) is 16.8 Å². The van der Waals surface area contributed by atoms with Gasteiger partial charge in [-0.1, -0.05) is 18.2 Å². The van der Waals surface area contributed by atoms with Gasteiger partial charge in [-0.3, -0.25) is 9.59 Å². The normalized spacial score (nSPS) is 10.9. The molecular weight excluding hydrogens is 448 g/mol. The highest BCUT2D eigenvalue weighted by molar-refractivity contribution is 5.92. The summed E-state index contributed by atoms with van der Waals surface area (Å²) in [5.74, 6) is 0.351. The van der Waals surface area contributed by atoms with Crippen LogP contribution in [0.3, 0.4) is 0 Å². The Hall–Kier alpha value is -4.40. The van der Waals surface area contributed by atoms with E-state index in [2.05, 4.69) is 10.3 Å². The molecule has 0 aliphatic carbocycles. The molecule has 9 heteroatoms. The Balaban J connectivity index is 1.91. The molecule has 0 fully saturated rings. The fourth-order valence-corrected chi connectivity index (χ4v) is 4.10. The number of amides is 1. The SMILES string of the molecule is COc1ccc(C)cc1NC(=O)Cn1c(=O)c2c(C)cc(C)nc2n(-c2ccccc2OC)c1=O. The zero-order valence-electron chi connectivity index (χ0n) is 20.2. The minimum Gasteiger partial charge on any atom is -0.495 e. The van der Waals surface area contributed by atoms with Crippen LogP contribution in [0.5, 0.6) is 11.5 Å². The van der Waals surface area contributed by atoms with Gasteiger partial charge in [-0.2, -0.15) is 0 Å². The molecule has 0 bridgehead atoms.